The van der Waals surface area contributed by atoms with Crippen LogP contribution in [-0.4, -0.2) is 103 Å². The van der Waals surface area contributed by atoms with E-state index in [9.17, 15) is 26.7 Å². The molecule has 3 N–H and O–H groups in total. The van der Waals surface area contributed by atoms with Crippen LogP contribution in [-0.2, 0) is 21.0 Å². The third kappa shape index (κ3) is 8.92. The molecular weight excluding hydrogens is 585 g/mol. The Labute approximate surface area is 251 Å². The zero-order valence-corrected chi connectivity index (χ0v) is 25.4. The van der Waals surface area contributed by atoms with Crippen molar-refractivity contribution in [2.24, 2.45) is 0 Å². The maximum Gasteiger partial charge on any atom is 0.405 e. The molecule has 236 valence electrons. The smallest absolute Gasteiger partial charge is 0.405 e. The van der Waals surface area contributed by atoms with Gasteiger partial charge in [0.25, 0.3) is 0 Å². The summed E-state index contributed by atoms with van der Waals surface area (Å²) in [6.45, 7) is 1.45. The number of aliphatic hydroxyl groups is 1. The molecule has 0 aliphatic carbocycles. The van der Waals surface area contributed by atoms with Crippen molar-refractivity contribution >= 4 is 26.9 Å². The second kappa shape index (κ2) is 14.1. The predicted octanol–water partition coefficient (Wildman–Crippen LogP) is 3.39. The van der Waals surface area contributed by atoms with Crippen LogP contribution in [0, 0.1) is 11.8 Å². The fourth-order valence-electron chi connectivity index (χ4n) is 5.56. The zero-order valence-electron chi connectivity index (χ0n) is 24.6. The van der Waals surface area contributed by atoms with E-state index in [4.69, 9.17) is 9.47 Å². The molecule has 0 aromatic heterocycles. The van der Waals surface area contributed by atoms with Gasteiger partial charge in [-0.2, -0.15) is 13.2 Å². The Hall–Kier alpha value is -3.18. The molecular formula is C30H39F3N4O5S. The van der Waals surface area contributed by atoms with E-state index in [1.807, 2.05) is 6.07 Å². The van der Waals surface area contributed by atoms with Crippen molar-refractivity contribution in [3.8, 4) is 17.6 Å². The number of aliphatic hydroxyl groups excluding tert-OH is 1. The third-order valence-electron chi connectivity index (χ3n) is 7.60. The van der Waals surface area contributed by atoms with Crippen molar-refractivity contribution in [3.05, 3.63) is 42.0 Å². The number of ether oxygens (including phenoxy) is 2. The van der Waals surface area contributed by atoms with Crippen LogP contribution in [0.15, 0.2) is 41.3 Å². The number of β-amino-alcohol motifs (C(OH)–C–C–N with tert-alkyl or cyclic N) is 1. The average Bonchev–Trinajstić information content (AvgIpc) is 3.28. The van der Waals surface area contributed by atoms with Crippen LogP contribution in [0.1, 0.15) is 18.4 Å². The molecule has 2 aromatic rings. The molecule has 2 unspecified atom stereocenters. The Morgan fingerprint density at radius 3 is 2.53 bits per heavy atom. The van der Waals surface area contributed by atoms with Crippen molar-refractivity contribution < 1.29 is 36.2 Å². The van der Waals surface area contributed by atoms with Gasteiger partial charge in [0.1, 0.15) is 12.3 Å². The minimum absolute atomic E-state index is 0.114. The highest BCUT2D eigenvalue weighted by atomic mass is 32.2. The molecule has 2 atom stereocenters. The maximum atomic E-state index is 13.6. The second-order valence-corrected chi connectivity index (χ2v) is 12.9. The average molecular weight is 625 g/mol. The highest BCUT2D eigenvalue weighted by Gasteiger charge is 2.39. The van der Waals surface area contributed by atoms with Gasteiger partial charge in [-0.05, 0) is 37.1 Å². The first kappa shape index (κ1) is 32.7. The number of nitrogens with one attached hydrogen (secondary N) is 2. The van der Waals surface area contributed by atoms with E-state index in [1.165, 1.54) is 24.1 Å². The van der Waals surface area contributed by atoms with Crippen molar-refractivity contribution in [2.75, 3.05) is 75.3 Å². The van der Waals surface area contributed by atoms with Crippen molar-refractivity contribution in [1.29, 1.82) is 0 Å². The molecule has 2 aliphatic heterocycles. The zero-order chi connectivity index (χ0) is 31.2. The van der Waals surface area contributed by atoms with E-state index >= 15 is 0 Å². The topological polar surface area (TPSA) is 103 Å². The normalized spacial score (nSPS) is 18.5. The van der Waals surface area contributed by atoms with Gasteiger partial charge in [-0.3, -0.25) is 0 Å². The lowest BCUT2D eigenvalue weighted by Crippen LogP contribution is -2.43. The number of anilines is 3. The summed E-state index contributed by atoms with van der Waals surface area (Å²) in [4.78, 5) is 3.62. The first-order valence-corrected chi connectivity index (χ1v) is 16.0. The molecule has 2 aromatic carbocycles. The van der Waals surface area contributed by atoms with Gasteiger partial charge in [-0.25, -0.2) is 8.42 Å². The molecule has 0 saturated carbocycles. The standard InChI is InChI=1S/C30H39F3N4O5S/c1-41-19-23(38)18-36-14-11-21(12-15-36)35-26-7-4-8-28-25(26)16-22(37(28)20-30(31,32)33)6-5-13-34-27-10-9-24(43(3,39)40)17-29(27)42-2/h4,7-10,17,21-23,34-35,38H,11-16,18-20H2,1-3H3. The molecule has 0 bridgehead atoms. The molecule has 0 amide bonds. The number of benzene rings is 2. The highest BCUT2D eigenvalue weighted by molar-refractivity contribution is 7.90. The molecule has 2 heterocycles. The van der Waals surface area contributed by atoms with Crippen LogP contribution in [0.5, 0.6) is 5.75 Å². The van der Waals surface area contributed by atoms with E-state index in [0.717, 1.165) is 43.4 Å². The van der Waals surface area contributed by atoms with Gasteiger partial charge in [0.05, 0.1) is 43.0 Å². The van der Waals surface area contributed by atoms with Crippen molar-refractivity contribution in [1.82, 2.24) is 4.90 Å². The lowest BCUT2D eigenvalue weighted by atomic mass is 10.0. The minimum Gasteiger partial charge on any atom is -0.495 e. The number of sulfone groups is 1. The maximum absolute atomic E-state index is 13.6. The fourth-order valence-corrected chi connectivity index (χ4v) is 6.20. The van der Waals surface area contributed by atoms with Crippen LogP contribution in [0.3, 0.4) is 0 Å². The molecule has 2 aliphatic rings. The highest BCUT2D eigenvalue weighted by Crippen LogP contribution is 2.39. The van der Waals surface area contributed by atoms with Gasteiger partial charge < -0.3 is 35.0 Å². The summed E-state index contributed by atoms with van der Waals surface area (Å²) in [5.74, 6) is 6.30. The van der Waals surface area contributed by atoms with Crippen LogP contribution >= 0.6 is 0 Å². The monoisotopic (exact) mass is 624 g/mol. The summed E-state index contributed by atoms with van der Waals surface area (Å²) in [6.07, 6.45) is -1.80. The number of rotatable bonds is 11. The van der Waals surface area contributed by atoms with Gasteiger partial charge in [0.2, 0.25) is 0 Å². The van der Waals surface area contributed by atoms with Gasteiger partial charge in [-0.1, -0.05) is 17.9 Å². The Morgan fingerprint density at radius 2 is 1.88 bits per heavy atom. The number of halogens is 3. The number of likely N-dealkylation sites (tertiary alicyclic amines) is 1. The first-order chi connectivity index (χ1) is 20.4. The Morgan fingerprint density at radius 1 is 1.14 bits per heavy atom. The summed E-state index contributed by atoms with van der Waals surface area (Å²) in [6, 6.07) is 9.32. The van der Waals surface area contributed by atoms with E-state index in [0.29, 0.717) is 30.1 Å². The quantitative estimate of drug-likeness (QED) is 0.325. The third-order valence-corrected chi connectivity index (χ3v) is 8.71. The van der Waals surface area contributed by atoms with Crippen molar-refractivity contribution in [3.63, 3.8) is 0 Å². The van der Waals surface area contributed by atoms with Gasteiger partial charge in [-0.15, -0.1) is 0 Å². The predicted molar refractivity (Wildman–Crippen MR) is 161 cm³/mol. The largest absolute Gasteiger partial charge is 0.495 e. The first-order valence-electron chi connectivity index (χ1n) is 14.1. The van der Waals surface area contributed by atoms with Gasteiger partial charge in [0.15, 0.2) is 9.84 Å². The number of fused-ring (bicyclic) bond motifs is 1. The summed E-state index contributed by atoms with van der Waals surface area (Å²) in [5.41, 5.74) is 2.68. The second-order valence-electron chi connectivity index (χ2n) is 10.9. The van der Waals surface area contributed by atoms with E-state index in [-0.39, 0.29) is 24.1 Å². The molecule has 13 heteroatoms. The Balaban J connectivity index is 1.44. The fraction of sp³-hybridized carbons (Fsp3) is 0.533. The number of hydrogen-bond acceptors (Lipinski definition) is 9. The van der Waals surface area contributed by atoms with Gasteiger partial charge >= 0.3 is 6.18 Å². The van der Waals surface area contributed by atoms with Crippen molar-refractivity contribution in [2.45, 2.75) is 48.5 Å². The number of hydrogen-bond donors (Lipinski definition) is 3. The Kier molecular flexibility index (Phi) is 10.7. The SMILES string of the molecule is COCC(O)CN1CCC(Nc2cccc3c2CC(C#CCNc2ccc(S(C)(=O)=O)cc2OC)N3CC(F)(F)F)CC1. The molecule has 1 fully saturated rings. The van der Waals surface area contributed by atoms with Gasteiger partial charge in [0, 0.05) is 68.5 Å². The van der Waals surface area contributed by atoms with E-state index < -0.39 is 34.7 Å². The molecule has 0 spiro atoms. The molecule has 9 nitrogen and oxygen atoms in total. The molecule has 0 radical (unpaired) electrons. The number of piperidine rings is 1. The van der Waals surface area contributed by atoms with E-state index in [1.54, 1.807) is 25.3 Å². The lowest BCUT2D eigenvalue weighted by Gasteiger charge is -2.34. The lowest BCUT2D eigenvalue weighted by molar-refractivity contribution is -0.120. The number of methoxy groups -OCH3 is 2. The number of alkyl halides is 3. The van der Waals surface area contributed by atoms with Crippen LogP contribution in [0.25, 0.3) is 0 Å². The minimum atomic E-state index is -4.40. The van der Waals surface area contributed by atoms with Crippen LogP contribution in [0.2, 0.25) is 0 Å². The summed E-state index contributed by atoms with van der Waals surface area (Å²) in [7, 11) is -0.432. The van der Waals surface area contributed by atoms with Crippen LogP contribution in [0.4, 0.5) is 30.2 Å². The molecule has 1 saturated heterocycles. The summed E-state index contributed by atoms with van der Waals surface area (Å²) in [5, 5.41) is 16.7. The summed E-state index contributed by atoms with van der Waals surface area (Å²) >= 11 is 0. The van der Waals surface area contributed by atoms with Crippen LogP contribution < -0.4 is 20.3 Å². The molecule has 43 heavy (non-hydrogen) atoms. The molecule has 4 rings (SSSR count). The van der Waals surface area contributed by atoms with E-state index in [2.05, 4.69) is 27.4 Å². The Bertz CT molecular complexity index is 1420. The number of nitrogens with zero attached hydrogens (tertiary/aromatic N) is 2. The summed E-state index contributed by atoms with van der Waals surface area (Å²) < 4.78 is 74.9.